The van der Waals surface area contributed by atoms with Crippen molar-refractivity contribution >= 4 is 41.3 Å². The zero-order valence-corrected chi connectivity index (χ0v) is 19.8. The Morgan fingerprint density at radius 3 is 2.48 bits per heavy atom. The van der Waals surface area contributed by atoms with Crippen molar-refractivity contribution in [2.24, 2.45) is 4.99 Å². The minimum atomic E-state index is 0. The van der Waals surface area contributed by atoms with Gasteiger partial charge in [-0.2, -0.15) is 0 Å². The summed E-state index contributed by atoms with van der Waals surface area (Å²) in [7, 11) is 1.78. The lowest BCUT2D eigenvalue weighted by atomic mass is 10.1. The quantitative estimate of drug-likeness (QED) is 0.280. The first-order chi connectivity index (χ1) is 13.7. The number of hydrogen-bond donors (Lipinski definition) is 2. The van der Waals surface area contributed by atoms with Gasteiger partial charge in [-0.1, -0.05) is 43.3 Å². The van der Waals surface area contributed by atoms with Crippen LogP contribution in [0.4, 0.5) is 0 Å². The molecule has 0 aliphatic heterocycles. The van der Waals surface area contributed by atoms with E-state index >= 15 is 0 Å². The second-order valence-electron chi connectivity index (χ2n) is 6.71. The van der Waals surface area contributed by atoms with Crippen molar-refractivity contribution in [2.75, 3.05) is 13.6 Å². The molecule has 3 aromatic rings. The largest absolute Gasteiger partial charge is 0.356 e. The summed E-state index contributed by atoms with van der Waals surface area (Å²) in [5.74, 6) is 1.24. The molecule has 7 heteroatoms. The van der Waals surface area contributed by atoms with E-state index < -0.39 is 0 Å². The third-order valence-corrected chi connectivity index (χ3v) is 5.67. The fourth-order valence-electron chi connectivity index (χ4n) is 2.88. The van der Waals surface area contributed by atoms with Crippen LogP contribution in [0.2, 0.25) is 0 Å². The zero-order valence-electron chi connectivity index (χ0n) is 16.7. The molecule has 0 fully saturated rings. The topological polar surface area (TPSA) is 58.4 Å². The van der Waals surface area contributed by atoms with Gasteiger partial charge in [0.15, 0.2) is 5.96 Å². The number of nitrogens with zero attached hydrogens (tertiary/aromatic N) is 2. The number of nitrogens with one attached hydrogen (secondary N) is 2. The van der Waals surface area contributed by atoms with Crippen LogP contribution in [-0.4, -0.2) is 24.1 Å². The fraction of sp³-hybridized carbons (Fsp3) is 0.273. The molecule has 5 nitrogen and oxygen atoms in total. The van der Waals surface area contributed by atoms with E-state index in [1.165, 1.54) is 10.4 Å². The maximum absolute atomic E-state index is 11.8. The molecule has 1 aromatic carbocycles. The third kappa shape index (κ3) is 7.01. The Labute approximate surface area is 192 Å². The van der Waals surface area contributed by atoms with Crippen LogP contribution in [0, 0.1) is 0 Å². The summed E-state index contributed by atoms with van der Waals surface area (Å²) in [4.78, 5) is 17.5. The summed E-state index contributed by atoms with van der Waals surface area (Å²) >= 11 is 1.78. The van der Waals surface area contributed by atoms with Gasteiger partial charge in [-0.05, 0) is 28.6 Å². The first-order valence-corrected chi connectivity index (χ1v) is 10.2. The van der Waals surface area contributed by atoms with Crippen molar-refractivity contribution in [1.82, 2.24) is 15.2 Å². The maximum Gasteiger partial charge on any atom is 0.250 e. The summed E-state index contributed by atoms with van der Waals surface area (Å²) < 4.78 is 1.70. The van der Waals surface area contributed by atoms with E-state index in [9.17, 15) is 4.79 Å². The second kappa shape index (κ2) is 11.8. The molecule has 29 heavy (non-hydrogen) atoms. The van der Waals surface area contributed by atoms with Gasteiger partial charge in [0.2, 0.25) is 0 Å². The van der Waals surface area contributed by atoms with Crippen LogP contribution in [0.1, 0.15) is 28.8 Å². The number of aliphatic imine (C=N–C) groups is 1. The van der Waals surface area contributed by atoms with E-state index in [0.717, 1.165) is 18.1 Å². The third-order valence-electron chi connectivity index (χ3n) is 4.56. The minimum absolute atomic E-state index is 0. The van der Waals surface area contributed by atoms with E-state index in [4.69, 9.17) is 0 Å². The van der Waals surface area contributed by atoms with Crippen LogP contribution < -0.4 is 16.2 Å². The van der Waals surface area contributed by atoms with Crippen LogP contribution in [0.25, 0.3) is 0 Å². The number of hydrogen-bond acceptors (Lipinski definition) is 3. The van der Waals surface area contributed by atoms with Gasteiger partial charge in [-0.25, -0.2) is 0 Å². The average Bonchev–Trinajstić information content (AvgIpc) is 3.26. The first-order valence-electron chi connectivity index (χ1n) is 9.37. The molecular formula is C22H27IN4OS. The predicted octanol–water partition coefficient (Wildman–Crippen LogP) is 4.04. The van der Waals surface area contributed by atoms with Gasteiger partial charge in [-0.3, -0.25) is 9.79 Å². The van der Waals surface area contributed by atoms with Gasteiger partial charge in [0, 0.05) is 43.2 Å². The number of halogens is 1. The summed E-state index contributed by atoms with van der Waals surface area (Å²) in [5, 5.41) is 8.85. The molecule has 3 rings (SSSR count). The number of benzene rings is 1. The van der Waals surface area contributed by atoms with E-state index in [-0.39, 0.29) is 29.5 Å². The normalized spacial score (nSPS) is 12.1. The van der Waals surface area contributed by atoms with Crippen molar-refractivity contribution in [1.29, 1.82) is 0 Å². The molecule has 1 unspecified atom stereocenters. The van der Waals surface area contributed by atoms with Gasteiger partial charge in [-0.15, -0.1) is 35.3 Å². The SMILES string of the molecule is CN=C(NCc1ccc(Cn2ccccc2=O)cc1)NCC(C)c1cccs1.I. The fourth-order valence-corrected chi connectivity index (χ4v) is 3.67. The molecule has 2 N–H and O–H groups in total. The Morgan fingerprint density at radius 1 is 1.07 bits per heavy atom. The molecule has 2 heterocycles. The molecule has 0 aliphatic carbocycles. The Kier molecular flexibility index (Phi) is 9.40. The lowest BCUT2D eigenvalue weighted by molar-refractivity contribution is 0.708. The Bertz CT molecular complexity index is 951. The van der Waals surface area contributed by atoms with E-state index in [2.05, 4.69) is 64.3 Å². The molecule has 2 aromatic heterocycles. The van der Waals surface area contributed by atoms with E-state index in [1.807, 2.05) is 12.3 Å². The number of guanidine groups is 1. The smallest absolute Gasteiger partial charge is 0.250 e. The second-order valence-corrected chi connectivity index (χ2v) is 7.69. The van der Waals surface area contributed by atoms with Crippen molar-refractivity contribution in [3.63, 3.8) is 0 Å². The van der Waals surface area contributed by atoms with E-state index in [1.54, 1.807) is 35.1 Å². The molecule has 0 bridgehead atoms. The summed E-state index contributed by atoms with van der Waals surface area (Å²) in [6, 6.07) is 17.7. The highest BCUT2D eigenvalue weighted by atomic mass is 127. The summed E-state index contributed by atoms with van der Waals surface area (Å²) in [6.07, 6.45) is 1.81. The Balaban J connectivity index is 0.00000300. The van der Waals surface area contributed by atoms with Crippen LogP contribution in [0.3, 0.4) is 0 Å². The Hall–Kier alpha value is -2.13. The van der Waals surface area contributed by atoms with Crippen molar-refractivity contribution < 1.29 is 0 Å². The molecule has 0 radical (unpaired) electrons. The molecule has 0 amide bonds. The first kappa shape index (κ1) is 23.2. The van der Waals surface area contributed by atoms with Gasteiger partial charge in [0.1, 0.15) is 0 Å². The van der Waals surface area contributed by atoms with E-state index in [0.29, 0.717) is 19.0 Å². The van der Waals surface area contributed by atoms with Crippen LogP contribution in [-0.2, 0) is 13.1 Å². The molecule has 0 aliphatic rings. The highest BCUT2D eigenvalue weighted by Gasteiger charge is 2.07. The van der Waals surface area contributed by atoms with Gasteiger partial charge in [0.05, 0.1) is 6.54 Å². The molecule has 154 valence electrons. The summed E-state index contributed by atoms with van der Waals surface area (Å²) in [5.41, 5.74) is 2.28. The standard InChI is InChI=1S/C22H26N4OS.HI/c1-17(20-6-5-13-28-20)14-24-22(23-2)25-15-18-8-10-19(11-9-18)16-26-12-4-3-7-21(26)27;/h3-13,17H,14-16H2,1-2H3,(H2,23,24,25);1H. The molecular weight excluding hydrogens is 495 g/mol. The molecule has 0 saturated heterocycles. The Morgan fingerprint density at radius 2 is 1.83 bits per heavy atom. The van der Waals surface area contributed by atoms with Gasteiger partial charge < -0.3 is 15.2 Å². The highest BCUT2D eigenvalue weighted by molar-refractivity contribution is 14.0. The average molecular weight is 522 g/mol. The minimum Gasteiger partial charge on any atom is -0.356 e. The van der Waals surface area contributed by atoms with Crippen molar-refractivity contribution in [3.05, 3.63) is 92.5 Å². The monoisotopic (exact) mass is 522 g/mol. The number of thiophene rings is 1. The van der Waals surface area contributed by atoms with Crippen molar-refractivity contribution in [2.45, 2.75) is 25.9 Å². The lowest BCUT2D eigenvalue weighted by Gasteiger charge is -2.15. The number of aromatic nitrogens is 1. The number of pyridine rings is 1. The van der Waals surface area contributed by atoms with Crippen molar-refractivity contribution in [3.8, 4) is 0 Å². The zero-order chi connectivity index (χ0) is 19.8. The van der Waals surface area contributed by atoms with Crippen LogP contribution in [0.5, 0.6) is 0 Å². The molecule has 1 atom stereocenters. The van der Waals surface area contributed by atoms with Gasteiger partial charge in [0.25, 0.3) is 5.56 Å². The van der Waals surface area contributed by atoms with Gasteiger partial charge >= 0.3 is 0 Å². The molecule has 0 spiro atoms. The highest BCUT2D eigenvalue weighted by Crippen LogP contribution is 2.19. The maximum atomic E-state index is 11.8. The lowest BCUT2D eigenvalue weighted by Crippen LogP contribution is -2.38. The number of rotatable bonds is 7. The molecule has 0 saturated carbocycles. The van der Waals surface area contributed by atoms with Crippen LogP contribution >= 0.6 is 35.3 Å². The van der Waals surface area contributed by atoms with Crippen LogP contribution in [0.15, 0.2) is 76.0 Å². The predicted molar refractivity (Wildman–Crippen MR) is 133 cm³/mol. The summed E-state index contributed by atoms with van der Waals surface area (Å²) in [6.45, 7) is 4.32.